The third kappa shape index (κ3) is 5.37. The van der Waals surface area contributed by atoms with Crippen LogP contribution in [0.3, 0.4) is 0 Å². The van der Waals surface area contributed by atoms with Crippen molar-refractivity contribution in [3.63, 3.8) is 0 Å². The molecule has 0 atom stereocenters. The predicted molar refractivity (Wildman–Crippen MR) is 102 cm³/mol. The monoisotopic (exact) mass is 410 g/mol. The Morgan fingerprint density at radius 3 is 2.36 bits per heavy atom. The minimum atomic E-state index is -0.212. The van der Waals surface area contributed by atoms with Crippen LogP contribution in [-0.4, -0.2) is 61.2 Å². The minimum absolute atomic E-state index is 0.0841. The van der Waals surface area contributed by atoms with E-state index in [1.54, 1.807) is 14.0 Å². The number of nitrogens with one attached hydrogen (secondary N) is 2. The summed E-state index contributed by atoms with van der Waals surface area (Å²) in [6.45, 7) is 5.47. The lowest BCUT2D eigenvalue weighted by molar-refractivity contribution is -0.129. The molecule has 1 aliphatic rings. The van der Waals surface area contributed by atoms with Crippen LogP contribution in [0, 0.1) is 11.2 Å². The molecule has 0 aromatic heterocycles. The number of carbonyl (C=O) groups is 1. The Hall–Kier alpha value is -1.73. The van der Waals surface area contributed by atoms with Gasteiger partial charge in [0.25, 0.3) is 5.91 Å². The number of halogens is 2. The molecule has 0 aliphatic carbocycles. The third-order valence-corrected chi connectivity index (χ3v) is 5.29. The number of amides is 1. The van der Waals surface area contributed by atoms with Crippen LogP contribution >= 0.6 is 15.9 Å². The van der Waals surface area contributed by atoms with E-state index in [0.29, 0.717) is 29.0 Å². The fraction of sp³-hybridized carbons (Fsp3) is 0.444. The Morgan fingerprint density at radius 1 is 1.24 bits per heavy atom. The summed E-state index contributed by atoms with van der Waals surface area (Å²) in [6, 6.07) is 6.61. The lowest BCUT2D eigenvalue weighted by Gasteiger charge is -2.35. The van der Waals surface area contributed by atoms with E-state index in [9.17, 15) is 9.18 Å². The predicted octanol–water partition coefficient (Wildman–Crippen LogP) is 2.38. The van der Waals surface area contributed by atoms with E-state index in [4.69, 9.17) is 5.41 Å². The van der Waals surface area contributed by atoms with Crippen molar-refractivity contribution in [1.82, 2.24) is 15.1 Å². The number of allylic oxidation sites excluding steroid dienone is 1. The van der Waals surface area contributed by atoms with Gasteiger partial charge in [-0.3, -0.25) is 9.69 Å². The molecular weight excluding hydrogens is 387 g/mol. The molecule has 0 bridgehead atoms. The number of carbonyl (C=O) groups excluding carboxylic acids is 1. The van der Waals surface area contributed by atoms with E-state index >= 15 is 0 Å². The first-order valence-corrected chi connectivity index (χ1v) is 9.10. The first-order valence-electron chi connectivity index (χ1n) is 8.31. The van der Waals surface area contributed by atoms with Crippen LogP contribution in [0.15, 0.2) is 34.4 Å². The Bertz CT molecular complexity index is 652. The molecule has 1 amide bonds. The van der Waals surface area contributed by atoms with Crippen molar-refractivity contribution >= 4 is 27.5 Å². The lowest BCUT2D eigenvalue weighted by Crippen LogP contribution is -2.50. The summed E-state index contributed by atoms with van der Waals surface area (Å²) in [5.74, 6) is -0.297. The number of rotatable bonds is 6. The molecule has 1 aromatic rings. The lowest BCUT2D eigenvalue weighted by atomic mass is 10.1. The maximum atomic E-state index is 12.9. The van der Waals surface area contributed by atoms with Crippen molar-refractivity contribution in [3.05, 3.63) is 45.8 Å². The molecule has 0 unspecified atom stereocenters. The maximum absolute atomic E-state index is 12.9. The van der Waals surface area contributed by atoms with Gasteiger partial charge in [-0.2, -0.15) is 0 Å². The molecule has 25 heavy (non-hydrogen) atoms. The van der Waals surface area contributed by atoms with Crippen LogP contribution < -0.4 is 5.32 Å². The van der Waals surface area contributed by atoms with Gasteiger partial charge in [-0.25, -0.2) is 4.39 Å². The van der Waals surface area contributed by atoms with Gasteiger partial charge in [-0.05, 0) is 47.0 Å². The van der Waals surface area contributed by atoms with Gasteiger partial charge in [-0.1, -0.05) is 12.1 Å². The van der Waals surface area contributed by atoms with Crippen LogP contribution in [0.2, 0.25) is 0 Å². The quantitative estimate of drug-likeness (QED) is 0.558. The average Bonchev–Trinajstić information content (AvgIpc) is 2.62. The summed E-state index contributed by atoms with van der Waals surface area (Å²) >= 11 is 3.31. The highest BCUT2D eigenvalue weighted by Gasteiger charge is 2.25. The smallest absolute Gasteiger partial charge is 0.271 e. The fourth-order valence-electron chi connectivity index (χ4n) is 2.77. The van der Waals surface area contributed by atoms with Crippen molar-refractivity contribution in [2.24, 2.45) is 0 Å². The molecule has 136 valence electrons. The molecule has 5 nitrogen and oxygen atoms in total. The molecule has 0 radical (unpaired) electrons. The van der Waals surface area contributed by atoms with Crippen LogP contribution in [-0.2, 0) is 11.2 Å². The first-order chi connectivity index (χ1) is 11.9. The molecule has 1 aliphatic heterocycles. The van der Waals surface area contributed by atoms with Crippen molar-refractivity contribution < 1.29 is 9.18 Å². The second kappa shape index (κ2) is 9.10. The summed E-state index contributed by atoms with van der Waals surface area (Å²) < 4.78 is 13.4. The molecule has 2 N–H and O–H groups in total. The number of benzene rings is 1. The van der Waals surface area contributed by atoms with Gasteiger partial charge in [0.15, 0.2) is 0 Å². The molecule has 7 heteroatoms. The van der Waals surface area contributed by atoms with Crippen LogP contribution in [0.5, 0.6) is 0 Å². The summed E-state index contributed by atoms with van der Waals surface area (Å²) in [4.78, 5) is 16.7. The second-order valence-corrected chi connectivity index (χ2v) is 6.87. The summed E-state index contributed by atoms with van der Waals surface area (Å²) in [5, 5.41) is 10.6. The average molecular weight is 411 g/mol. The topological polar surface area (TPSA) is 59.4 Å². The molecule has 1 aromatic carbocycles. The summed E-state index contributed by atoms with van der Waals surface area (Å²) in [6.07, 6.45) is 0.869. The van der Waals surface area contributed by atoms with E-state index in [1.807, 2.05) is 17.0 Å². The van der Waals surface area contributed by atoms with Gasteiger partial charge < -0.3 is 15.6 Å². The Balaban J connectivity index is 1.86. The van der Waals surface area contributed by atoms with Crippen molar-refractivity contribution in [3.8, 4) is 0 Å². The van der Waals surface area contributed by atoms with E-state index in [1.165, 1.54) is 12.1 Å². The van der Waals surface area contributed by atoms with Gasteiger partial charge in [0.2, 0.25) is 0 Å². The van der Waals surface area contributed by atoms with Crippen molar-refractivity contribution in [2.75, 3.05) is 39.8 Å². The molecule has 2 rings (SSSR count). The van der Waals surface area contributed by atoms with Crippen LogP contribution in [0.4, 0.5) is 4.39 Å². The van der Waals surface area contributed by atoms with Gasteiger partial charge in [0.1, 0.15) is 11.5 Å². The fourth-order valence-corrected chi connectivity index (χ4v) is 3.14. The van der Waals surface area contributed by atoms with E-state index in [2.05, 4.69) is 26.1 Å². The normalized spacial score (nSPS) is 16.4. The van der Waals surface area contributed by atoms with E-state index in [0.717, 1.165) is 31.6 Å². The highest BCUT2D eigenvalue weighted by Crippen LogP contribution is 2.15. The van der Waals surface area contributed by atoms with Gasteiger partial charge >= 0.3 is 0 Å². The standard InChI is InChI=1S/C18H24BrFN4O/c1-13(21)16(19)17(22-2)18(25)24-11-9-23(10-12-24)8-7-14-3-5-15(20)6-4-14/h3-6,21-22H,7-12H2,1-2H3/b17-16+,21-13?. The highest BCUT2D eigenvalue weighted by atomic mass is 79.9. The molecule has 1 fully saturated rings. The van der Waals surface area contributed by atoms with Gasteiger partial charge in [0.05, 0.1) is 4.48 Å². The minimum Gasteiger partial charge on any atom is -0.383 e. The number of likely N-dealkylation sites (N-methyl/N-ethyl adjacent to an activating group) is 1. The number of nitrogens with zero attached hydrogens (tertiary/aromatic N) is 2. The SMILES string of the molecule is CN/C(C(=O)N1CCN(CCc2ccc(F)cc2)CC1)=C(/Br)C(C)=N. The zero-order valence-corrected chi connectivity index (χ0v) is 16.2. The van der Waals surface area contributed by atoms with E-state index in [-0.39, 0.29) is 11.7 Å². The summed E-state index contributed by atoms with van der Waals surface area (Å²) in [5.41, 5.74) is 1.86. The van der Waals surface area contributed by atoms with Crippen molar-refractivity contribution in [2.45, 2.75) is 13.3 Å². The maximum Gasteiger partial charge on any atom is 0.271 e. The third-order valence-electron chi connectivity index (χ3n) is 4.30. The zero-order chi connectivity index (χ0) is 18.4. The van der Waals surface area contributed by atoms with E-state index < -0.39 is 0 Å². The number of piperazine rings is 1. The van der Waals surface area contributed by atoms with Crippen LogP contribution in [0.25, 0.3) is 0 Å². The van der Waals surface area contributed by atoms with Gasteiger partial charge in [-0.15, -0.1) is 0 Å². The second-order valence-electron chi connectivity index (χ2n) is 6.07. The molecule has 0 spiro atoms. The summed E-state index contributed by atoms with van der Waals surface area (Å²) in [7, 11) is 1.69. The highest BCUT2D eigenvalue weighted by molar-refractivity contribution is 9.12. The van der Waals surface area contributed by atoms with Crippen LogP contribution in [0.1, 0.15) is 12.5 Å². The number of hydrogen-bond donors (Lipinski definition) is 2. The van der Waals surface area contributed by atoms with Gasteiger partial charge in [0, 0.05) is 45.5 Å². The Labute approximate surface area is 156 Å². The molecule has 1 heterocycles. The largest absolute Gasteiger partial charge is 0.383 e. The van der Waals surface area contributed by atoms with Crippen molar-refractivity contribution in [1.29, 1.82) is 5.41 Å². The Morgan fingerprint density at radius 2 is 1.84 bits per heavy atom. The molecule has 1 saturated heterocycles. The number of hydrogen-bond acceptors (Lipinski definition) is 4. The Kier molecular flexibility index (Phi) is 7.13. The molecule has 0 saturated carbocycles. The zero-order valence-electron chi connectivity index (χ0n) is 14.6. The molecular formula is C18H24BrFN4O. The first kappa shape index (κ1) is 19.6.